The van der Waals surface area contributed by atoms with E-state index in [1.807, 2.05) is 0 Å². The molecular weight excluding hydrogens is 277 g/mol. The molecule has 0 aliphatic carbocycles. The van der Waals surface area contributed by atoms with Crippen LogP contribution in [0.3, 0.4) is 0 Å². The maximum Gasteiger partial charge on any atom is 0.292 e. The van der Waals surface area contributed by atoms with Crippen molar-refractivity contribution in [1.82, 2.24) is 0 Å². The van der Waals surface area contributed by atoms with Crippen molar-refractivity contribution in [1.29, 1.82) is 0 Å². The molecule has 0 spiro atoms. The number of carbonyl (C=O) groups is 1. The summed E-state index contributed by atoms with van der Waals surface area (Å²) in [5, 5.41) is 13.2. The molecule has 0 heterocycles. The molecule has 0 saturated heterocycles. The van der Waals surface area contributed by atoms with Crippen molar-refractivity contribution in [2.75, 3.05) is 11.1 Å². The molecule has 0 aromatic heterocycles. The van der Waals surface area contributed by atoms with Crippen LogP contribution in [0.15, 0.2) is 36.4 Å². The van der Waals surface area contributed by atoms with Crippen LogP contribution in [0.1, 0.15) is 15.9 Å². The quantitative estimate of drug-likeness (QED) is 0.515. The molecule has 0 radical (unpaired) electrons. The third kappa shape index (κ3) is 3.33. The molecule has 0 unspecified atom stereocenters. The summed E-state index contributed by atoms with van der Waals surface area (Å²) in [4.78, 5) is 22.0. The lowest BCUT2D eigenvalue weighted by Gasteiger charge is -2.07. The number of benzene rings is 2. The lowest BCUT2D eigenvalue weighted by Crippen LogP contribution is -2.13. The molecule has 2 aromatic rings. The number of nitrogens with zero attached hydrogens (tertiary/aromatic N) is 1. The van der Waals surface area contributed by atoms with Crippen molar-refractivity contribution in [3.8, 4) is 0 Å². The number of nitrogens with one attached hydrogen (secondary N) is 1. The van der Waals surface area contributed by atoms with Gasteiger partial charge in [-0.05, 0) is 42.8 Å². The van der Waals surface area contributed by atoms with Gasteiger partial charge in [0.2, 0.25) is 0 Å². The van der Waals surface area contributed by atoms with Gasteiger partial charge in [0.25, 0.3) is 11.6 Å². The summed E-state index contributed by atoms with van der Waals surface area (Å²) in [6.45, 7) is 1.70. The van der Waals surface area contributed by atoms with Gasteiger partial charge in [0, 0.05) is 17.3 Å². The van der Waals surface area contributed by atoms with E-state index in [2.05, 4.69) is 5.32 Å². The Labute approximate surface area is 119 Å². The fourth-order valence-corrected chi connectivity index (χ4v) is 1.87. The van der Waals surface area contributed by atoms with Crippen molar-refractivity contribution in [3.63, 3.8) is 0 Å². The van der Waals surface area contributed by atoms with Crippen LogP contribution in [0.5, 0.6) is 0 Å². The number of nitro benzene ring substituents is 1. The Morgan fingerprint density at radius 3 is 2.57 bits per heavy atom. The predicted octanol–water partition coefficient (Wildman–Crippen LogP) is 2.88. The number of nitrogens with two attached hydrogens (primary N) is 1. The third-order valence-electron chi connectivity index (χ3n) is 2.79. The zero-order chi connectivity index (χ0) is 15.6. The smallest absolute Gasteiger partial charge is 0.292 e. The number of halogens is 1. The van der Waals surface area contributed by atoms with Gasteiger partial charge in [0.15, 0.2) is 0 Å². The molecule has 0 saturated carbocycles. The van der Waals surface area contributed by atoms with Gasteiger partial charge in [-0.25, -0.2) is 4.39 Å². The fraction of sp³-hybridized carbons (Fsp3) is 0.0714. The number of rotatable bonds is 3. The summed E-state index contributed by atoms with van der Waals surface area (Å²) in [6.07, 6.45) is 0. The van der Waals surface area contributed by atoms with Crippen LogP contribution in [0.25, 0.3) is 0 Å². The summed E-state index contributed by atoms with van der Waals surface area (Å²) in [5.74, 6) is -0.991. The molecule has 1 amide bonds. The summed E-state index contributed by atoms with van der Waals surface area (Å²) in [7, 11) is 0. The van der Waals surface area contributed by atoms with Crippen LogP contribution < -0.4 is 11.1 Å². The first-order valence-corrected chi connectivity index (χ1v) is 5.99. The van der Waals surface area contributed by atoms with Crippen LogP contribution >= 0.6 is 0 Å². The summed E-state index contributed by atoms with van der Waals surface area (Å²) < 4.78 is 13.2. The second-order valence-corrected chi connectivity index (χ2v) is 4.50. The fourth-order valence-electron chi connectivity index (χ4n) is 1.87. The number of anilines is 2. The molecule has 2 rings (SSSR count). The van der Waals surface area contributed by atoms with Gasteiger partial charge in [-0.15, -0.1) is 0 Å². The monoisotopic (exact) mass is 289 g/mol. The Kier molecular flexibility index (Phi) is 3.84. The Morgan fingerprint density at radius 1 is 1.29 bits per heavy atom. The Bertz CT molecular complexity index is 711. The Balaban J connectivity index is 2.24. The molecule has 7 heteroatoms. The molecule has 0 bridgehead atoms. The maximum atomic E-state index is 13.2. The van der Waals surface area contributed by atoms with Crippen LogP contribution in [-0.4, -0.2) is 10.8 Å². The molecule has 108 valence electrons. The van der Waals surface area contributed by atoms with Crippen molar-refractivity contribution in [2.45, 2.75) is 6.92 Å². The first kappa shape index (κ1) is 14.4. The van der Waals surface area contributed by atoms with Crippen molar-refractivity contribution >= 4 is 23.0 Å². The van der Waals surface area contributed by atoms with Gasteiger partial charge in [-0.3, -0.25) is 14.9 Å². The molecule has 2 aromatic carbocycles. The minimum Gasteiger partial charge on any atom is -0.393 e. The summed E-state index contributed by atoms with van der Waals surface area (Å²) in [5.41, 5.74) is 6.26. The first-order chi connectivity index (χ1) is 9.86. The molecule has 0 atom stereocenters. The highest BCUT2D eigenvalue weighted by molar-refractivity contribution is 6.05. The van der Waals surface area contributed by atoms with Crippen LogP contribution in [0.2, 0.25) is 0 Å². The largest absolute Gasteiger partial charge is 0.393 e. The highest BCUT2D eigenvalue weighted by Crippen LogP contribution is 2.23. The van der Waals surface area contributed by atoms with Gasteiger partial charge in [-0.1, -0.05) is 0 Å². The normalized spacial score (nSPS) is 10.2. The highest BCUT2D eigenvalue weighted by Gasteiger charge is 2.14. The van der Waals surface area contributed by atoms with Gasteiger partial charge in [-0.2, -0.15) is 0 Å². The lowest BCUT2D eigenvalue weighted by atomic mass is 10.1. The summed E-state index contributed by atoms with van der Waals surface area (Å²) >= 11 is 0. The molecular formula is C14H12FN3O3. The number of nitrogen functional groups attached to an aromatic ring is 1. The van der Waals surface area contributed by atoms with E-state index in [0.717, 1.165) is 6.07 Å². The van der Waals surface area contributed by atoms with E-state index in [9.17, 15) is 19.3 Å². The predicted molar refractivity (Wildman–Crippen MR) is 76.6 cm³/mol. The summed E-state index contributed by atoms with van der Waals surface area (Å²) in [6, 6.07) is 7.77. The second-order valence-electron chi connectivity index (χ2n) is 4.50. The highest BCUT2D eigenvalue weighted by atomic mass is 19.1. The molecule has 0 fully saturated rings. The lowest BCUT2D eigenvalue weighted by molar-refractivity contribution is -0.383. The van der Waals surface area contributed by atoms with E-state index in [0.29, 0.717) is 11.3 Å². The Morgan fingerprint density at radius 2 is 2.00 bits per heavy atom. The zero-order valence-corrected chi connectivity index (χ0v) is 11.1. The van der Waals surface area contributed by atoms with E-state index in [4.69, 9.17) is 5.73 Å². The SMILES string of the molecule is Cc1cc(F)cc(NC(=O)c2ccc([N+](=O)[O-])c(N)c2)c1. The van der Waals surface area contributed by atoms with Crippen molar-refractivity contribution in [3.05, 3.63) is 63.5 Å². The standard InChI is InChI=1S/C14H12FN3O3/c1-8-4-10(15)7-11(5-8)17-14(19)9-2-3-13(18(20)21)12(16)6-9/h2-7H,16H2,1H3,(H,17,19). The molecule has 6 nitrogen and oxygen atoms in total. The average molecular weight is 289 g/mol. The minimum atomic E-state index is -0.632. The third-order valence-corrected chi connectivity index (χ3v) is 2.79. The number of hydrogen-bond acceptors (Lipinski definition) is 4. The second kappa shape index (κ2) is 5.58. The maximum absolute atomic E-state index is 13.2. The zero-order valence-electron chi connectivity index (χ0n) is 11.1. The van der Waals surface area contributed by atoms with E-state index >= 15 is 0 Å². The number of hydrogen-bond donors (Lipinski definition) is 2. The van der Waals surface area contributed by atoms with Crippen molar-refractivity contribution < 1.29 is 14.1 Å². The van der Waals surface area contributed by atoms with Crippen LogP contribution in [0.4, 0.5) is 21.5 Å². The number of nitro groups is 1. The van der Waals surface area contributed by atoms with Gasteiger partial charge >= 0.3 is 0 Å². The van der Waals surface area contributed by atoms with E-state index < -0.39 is 16.6 Å². The topological polar surface area (TPSA) is 98.3 Å². The molecule has 0 aliphatic rings. The number of amides is 1. The van der Waals surface area contributed by atoms with Crippen LogP contribution in [0, 0.1) is 22.9 Å². The van der Waals surface area contributed by atoms with E-state index in [1.54, 1.807) is 13.0 Å². The van der Waals surface area contributed by atoms with E-state index in [1.165, 1.54) is 24.3 Å². The average Bonchev–Trinajstić information content (AvgIpc) is 2.36. The molecule has 0 aliphatic heterocycles. The first-order valence-electron chi connectivity index (χ1n) is 5.99. The molecule has 3 N–H and O–H groups in total. The molecule has 21 heavy (non-hydrogen) atoms. The van der Waals surface area contributed by atoms with Crippen LogP contribution in [-0.2, 0) is 0 Å². The van der Waals surface area contributed by atoms with Gasteiger partial charge in [0.05, 0.1) is 4.92 Å². The van der Waals surface area contributed by atoms with Gasteiger partial charge < -0.3 is 11.1 Å². The Hall–Kier alpha value is -2.96. The minimum absolute atomic E-state index is 0.108. The van der Waals surface area contributed by atoms with E-state index in [-0.39, 0.29) is 16.9 Å². The van der Waals surface area contributed by atoms with Gasteiger partial charge in [0.1, 0.15) is 11.5 Å². The van der Waals surface area contributed by atoms with Crippen molar-refractivity contribution in [2.24, 2.45) is 0 Å². The number of carbonyl (C=O) groups excluding carboxylic acids is 1. The number of aryl methyl sites for hydroxylation is 1.